The lowest BCUT2D eigenvalue weighted by Crippen LogP contribution is -2.40. The molecule has 0 unspecified atom stereocenters. The van der Waals surface area contributed by atoms with E-state index in [1.54, 1.807) is 18.6 Å². The Kier molecular flexibility index (Phi) is 10.8. The zero-order chi connectivity index (χ0) is 42.5. The van der Waals surface area contributed by atoms with Gasteiger partial charge in [0.05, 0.1) is 5.56 Å². The predicted octanol–water partition coefficient (Wildman–Crippen LogP) is 9.28. The molecule has 0 spiro atoms. The summed E-state index contributed by atoms with van der Waals surface area (Å²) in [6.07, 6.45) is 24.4. The van der Waals surface area contributed by atoms with Crippen LogP contribution in [-0.4, -0.2) is 61.4 Å². The van der Waals surface area contributed by atoms with Gasteiger partial charge in [-0.3, -0.25) is 4.98 Å². The number of pyridine rings is 1. The van der Waals surface area contributed by atoms with Crippen LogP contribution in [0.5, 0.6) is 11.5 Å². The van der Waals surface area contributed by atoms with Crippen LogP contribution in [0.2, 0.25) is 0 Å². The zero-order valence-corrected chi connectivity index (χ0v) is 34.8. The average Bonchev–Trinajstić information content (AvgIpc) is 3.82. The minimum atomic E-state index is -0.969. The minimum absolute atomic E-state index is 0.0298. The third-order valence-corrected chi connectivity index (χ3v) is 15.5. The maximum Gasteiger partial charge on any atom is 0.341 e. The predicted molar refractivity (Wildman–Crippen MR) is 228 cm³/mol. The van der Waals surface area contributed by atoms with Crippen LogP contribution in [0.25, 0.3) is 11.1 Å². The van der Waals surface area contributed by atoms with E-state index in [1.807, 2.05) is 30.6 Å². The van der Waals surface area contributed by atoms with Crippen molar-refractivity contribution in [1.29, 1.82) is 0 Å². The Morgan fingerprint density at radius 1 is 0.639 bits per heavy atom. The number of hydrogen-bond donors (Lipinski definition) is 3. The van der Waals surface area contributed by atoms with Crippen LogP contribution in [-0.2, 0) is 22.4 Å². The molecule has 11 heteroatoms. The first-order valence-corrected chi connectivity index (χ1v) is 21.7. The molecule has 4 aromatic rings. The van der Waals surface area contributed by atoms with Gasteiger partial charge in [-0.05, 0) is 180 Å². The lowest BCUT2D eigenvalue weighted by atomic mass is 9.54. The smallest absolute Gasteiger partial charge is 0.341 e. The molecule has 3 N–H and O–H groups in total. The van der Waals surface area contributed by atoms with E-state index in [0.29, 0.717) is 47.0 Å². The third-order valence-electron chi connectivity index (χ3n) is 15.5. The number of allylic oxidation sites excluding steroid dienone is 4. The van der Waals surface area contributed by atoms with Crippen molar-refractivity contribution >= 4 is 29.1 Å². The fraction of sp³-hybridized carbons (Fsp3) is 0.440. The second-order valence-electron chi connectivity index (χ2n) is 18.4. The first-order valence-electron chi connectivity index (χ1n) is 21.7. The van der Waals surface area contributed by atoms with E-state index in [0.717, 1.165) is 50.5 Å². The lowest BCUT2D eigenvalue weighted by Gasteiger charge is -2.50. The molecule has 0 radical (unpaired) electrons. The number of aryl methyl sites for hydroxylation is 2. The molecule has 8 atom stereocenters. The molecule has 2 heterocycles. The van der Waals surface area contributed by atoms with Gasteiger partial charge in [0.1, 0.15) is 17.8 Å². The molecule has 2 aromatic heterocycles. The molecule has 0 saturated heterocycles. The van der Waals surface area contributed by atoms with E-state index in [4.69, 9.17) is 19.7 Å². The Balaban J connectivity index is 0.000000157. The molecular formula is C50H53N3O8. The number of carbonyl (C=O) groups is 3. The SMILES string of the molecule is C[C@]12CC[C@@H]3c4ccc(OCC(=O)O)cc4CC[C@H]3[C@@H]1CC=C2c1cncc(C(=O)O)c1.C[C@]12CC[C@@H]3c4ccc(OCC(=O)O)cc4CC[C@H]3[C@@H]1CC=C2c1cncnc1. The molecule has 0 amide bonds. The summed E-state index contributed by atoms with van der Waals surface area (Å²) in [5, 5.41) is 27.1. The quantitative estimate of drug-likeness (QED) is 0.147. The Morgan fingerprint density at radius 2 is 1.13 bits per heavy atom. The first-order chi connectivity index (χ1) is 29.4. The summed E-state index contributed by atoms with van der Waals surface area (Å²) in [6.45, 7) is 4.18. The van der Waals surface area contributed by atoms with Gasteiger partial charge in [-0.15, -0.1) is 0 Å². The molecule has 2 saturated carbocycles. The average molecular weight is 824 g/mol. The number of ether oxygens (including phenoxy) is 2. The van der Waals surface area contributed by atoms with Crippen molar-refractivity contribution in [2.24, 2.45) is 34.5 Å². The summed E-state index contributed by atoms with van der Waals surface area (Å²) >= 11 is 0. The number of aliphatic carboxylic acids is 2. The van der Waals surface area contributed by atoms with Gasteiger partial charge in [-0.2, -0.15) is 0 Å². The number of hydrogen-bond acceptors (Lipinski definition) is 8. The Hall–Kier alpha value is -5.84. The zero-order valence-electron chi connectivity index (χ0n) is 34.8. The topological polar surface area (TPSA) is 169 Å². The van der Waals surface area contributed by atoms with E-state index in [2.05, 4.69) is 59.2 Å². The van der Waals surface area contributed by atoms with E-state index in [1.165, 1.54) is 64.4 Å². The van der Waals surface area contributed by atoms with Crippen molar-refractivity contribution in [3.05, 3.63) is 125 Å². The molecule has 6 aliphatic rings. The third kappa shape index (κ3) is 7.50. The molecule has 2 aromatic carbocycles. The highest BCUT2D eigenvalue weighted by Crippen LogP contribution is 2.64. The maximum atomic E-state index is 11.4. The summed E-state index contributed by atoms with van der Waals surface area (Å²) in [5.41, 5.74) is 10.7. The molecule has 6 aliphatic carbocycles. The molecule has 2 fully saturated rings. The number of carboxylic acid groups (broad SMARTS) is 3. The molecular weight excluding hydrogens is 771 g/mol. The number of carboxylic acids is 3. The standard InChI is InChI=1S/C26H27NO5.C24H26N2O3/c1-26-9-8-20-19-5-3-18(32-14-24(28)29)11-15(19)2-4-21(20)23(26)7-6-22(26)16-10-17(25(30)31)13-27-12-16;1-24-9-8-19-18-5-3-17(29-13-23(27)28)10-15(18)2-4-20(19)22(24)7-6-21(24)16-11-25-14-26-12-16/h3,5-6,10-13,20-21,23H,2,4,7-9,14H2,1H3,(H,28,29)(H,30,31);3,5-6,10-12,14,19-20,22H,2,4,7-9,13H2,1H3,(H,27,28)/t20-,21-,23+,26-;19-,20-,22+,24-/m11/s1. The van der Waals surface area contributed by atoms with Crippen LogP contribution in [0.15, 0.2) is 85.7 Å². The summed E-state index contributed by atoms with van der Waals surface area (Å²) in [7, 11) is 0. The highest BCUT2D eigenvalue weighted by Gasteiger charge is 2.53. The van der Waals surface area contributed by atoms with E-state index in [9.17, 15) is 19.5 Å². The fourth-order valence-electron chi connectivity index (χ4n) is 12.8. The second-order valence-corrected chi connectivity index (χ2v) is 18.4. The van der Waals surface area contributed by atoms with E-state index >= 15 is 0 Å². The van der Waals surface area contributed by atoms with Gasteiger partial charge in [-0.25, -0.2) is 24.4 Å². The molecule has 316 valence electrons. The highest BCUT2D eigenvalue weighted by atomic mass is 16.5. The van der Waals surface area contributed by atoms with Gasteiger partial charge >= 0.3 is 17.9 Å². The largest absolute Gasteiger partial charge is 0.482 e. The summed E-state index contributed by atoms with van der Waals surface area (Å²) in [6, 6.07) is 14.0. The number of nitrogens with zero attached hydrogens (tertiary/aromatic N) is 3. The molecule has 0 aliphatic heterocycles. The molecule has 11 nitrogen and oxygen atoms in total. The number of aromatic carboxylic acids is 1. The Bertz CT molecular complexity index is 2430. The van der Waals surface area contributed by atoms with E-state index < -0.39 is 17.9 Å². The monoisotopic (exact) mass is 823 g/mol. The van der Waals surface area contributed by atoms with Gasteiger partial charge in [0.25, 0.3) is 0 Å². The van der Waals surface area contributed by atoms with Crippen LogP contribution in [0.1, 0.15) is 121 Å². The normalized spacial score (nSPS) is 29.0. The van der Waals surface area contributed by atoms with Crippen LogP contribution in [0.4, 0.5) is 0 Å². The van der Waals surface area contributed by atoms with Crippen LogP contribution in [0.3, 0.4) is 0 Å². The van der Waals surface area contributed by atoms with Crippen LogP contribution >= 0.6 is 0 Å². The summed E-state index contributed by atoms with van der Waals surface area (Å²) in [5.74, 6) is 1.98. The lowest BCUT2D eigenvalue weighted by molar-refractivity contribution is -0.140. The Labute approximate surface area is 356 Å². The van der Waals surface area contributed by atoms with Crippen molar-refractivity contribution in [2.75, 3.05) is 13.2 Å². The highest BCUT2D eigenvalue weighted by molar-refractivity contribution is 5.89. The van der Waals surface area contributed by atoms with Gasteiger partial charge in [0.2, 0.25) is 0 Å². The summed E-state index contributed by atoms with van der Waals surface area (Å²) < 4.78 is 10.8. The van der Waals surface area contributed by atoms with Crippen molar-refractivity contribution in [3.63, 3.8) is 0 Å². The van der Waals surface area contributed by atoms with Gasteiger partial charge in [-0.1, -0.05) is 38.1 Å². The minimum Gasteiger partial charge on any atom is -0.482 e. The number of aromatic nitrogens is 3. The number of fused-ring (bicyclic) bond motifs is 10. The van der Waals surface area contributed by atoms with Crippen LogP contribution < -0.4 is 9.47 Å². The van der Waals surface area contributed by atoms with Crippen molar-refractivity contribution in [3.8, 4) is 11.5 Å². The van der Waals surface area contributed by atoms with Crippen LogP contribution in [0, 0.1) is 34.5 Å². The van der Waals surface area contributed by atoms with Crippen molar-refractivity contribution in [2.45, 2.75) is 89.9 Å². The first kappa shape index (κ1) is 40.6. The van der Waals surface area contributed by atoms with E-state index in [-0.39, 0.29) is 29.6 Å². The maximum absolute atomic E-state index is 11.4. The molecule has 10 rings (SSSR count). The second kappa shape index (κ2) is 16.2. The fourth-order valence-corrected chi connectivity index (χ4v) is 12.8. The summed E-state index contributed by atoms with van der Waals surface area (Å²) in [4.78, 5) is 45.7. The molecule has 61 heavy (non-hydrogen) atoms. The Morgan fingerprint density at radius 3 is 1.62 bits per heavy atom. The van der Waals surface area contributed by atoms with Gasteiger partial charge in [0.15, 0.2) is 13.2 Å². The number of rotatable bonds is 9. The van der Waals surface area contributed by atoms with Gasteiger partial charge in [0, 0.05) is 30.4 Å². The van der Waals surface area contributed by atoms with Gasteiger partial charge < -0.3 is 24.8 Å². The van der Waals surface area contributed by atoms with Crippen molar-refractivity contribution < 1.29 is 39.2 Å². The number of benzene rings is 2. The van der Waals surface area contributed by atoms with Crippen molar-refractivity contribution in [1.82, 2.24) is 15.0 Å². The molecule has 0 bridgehead atoms.